The summed E-state index contributed by atoms with van der Waals surface area (Å²) in [6.07, 6.45) is 0. The molecule has 1 N–H and O–H groups in total. The summed E-state index contributed by atoms with van der Waals surface area (Å²) in [5, 5.41) is 10.3. The summed E-state index contributed by atoms with van der Waals surface area (Å²) < 4.78 is 28.9. The van der Waals surface area contributed by atoms with Crippen LogP contribution in [0.15, 0.2) is 53.5 Å². The maximum atomic E-state index is 15.4. The van der Waals surface area contributed by atoms with Crippen molar-refractivity contribution < 1.29 is 18.7 Å². The largest absolute Gasteiger partial charge is 0.479 e. The van der Waals surface area contributed by atoms with Crippen LogP contribution in [0.4, 0.5) is 8.78 Å². The molecule has 2 aromatic rings. The van der Waals surface area contributed by atoms with Gasteiger partial charge in [-0.25, -0.2) is 13.6 Å². The zero-order valence-corrected chi connectivity index (χ0v) is 11.8. The highest BCUT2D eigenvalue weighted by Crippen LogP contribution is 2.35. The molecule has 22 heavy (non-hydrogen) atoms. The van der Waals surface area contributed by atoms with Crippen LogP contribution in [0.3, 0.4) is 0 Å². The Labute approximate surface area is 125 Å². The van der Waals surface area contributed by atoms with Crippen LogP contribution in [0.2, 0.25) is 0 Å². The molecule has 2 unspecified atom stereocenters. The van der Waals surface area contributed by atoms with Gasteiger partial charge in [0.1, 0.15) is 5.82 Å². The van der Waals surface area contributed by atoms with E-state index in [9.17, 15) is 14.3 Å². The number of carbonyl (C=O) groups is 1. The Hall–Kier alpha value is -2.56. The number of aliphatic carboxylic acids is 1. The van der Waals surface area contributed by atoms with Gasteiger partial charge in [0.2, 0.25) is 0 Å². The van der Waals surface area contributed by atoms with E-state index in [1.807, 2.05) is 0 Å². The molecule has 0 saturated carbocycles. The molecule has 112 valence electrons. The lowest BCUT2D eigenvalue weighted by Crippen LogP contribution is -2.53. The molecule has 0 aromatic heterocycles. The second kappa shape index (κ2) is 5.02. The molecule has 1 heterocycles. The molecule has 0 saturated heterocycles. The molecule has 3 rings (SSSR count). The van der Waals surface area contributed by atoms with Crippen molar-refractivity contribution in [3.63, 3.8) is 0 Å². The number of halogens is 2. The monoisotopic (exact) mass is 301 g/mol. The Morgan fingerprint density at radius 2 is 1.95 bits per heavy atom. The van der Waals surface area contributed by atoms with Crippen molar-refractivity contribution in [1.29, 1.82) is 0 Å². The van der Waals surface area contributed by atoms with Crippen molar-refractivity contribution in [1.82, 2.24) is 0 Å². The van der Waals surface area contributed by atoms with E-state index in [0.29, 0.717) is 10.6 Å². The first-order valence-electron chi connectivity index (χ1n) is 6.80. The van der Waals surface area contributed by atoms with Crippen molar-refractivity contribution in [2.24, 2.45) is 4.99 Å². The first-order chi connectivity index (χ1) is 10.4. The van der Waals surface area contributed by atoms with E-state index in [1.54, 1.807) is 24.3 Å². The highest BCUT2D eigenvalue weighted by Gasteiger charge is 2.50. The van der Waals surface area contributed by atoms with Gasteiger partial charge in [-0.05, 0) is 30.7 Å². The molecule has 0 amide bonds. The van der Waals surface area contributed by atoms with Crippen molar-refractivity contribution >= 4 is 11.5 Å². The third kappa shape index (κ3) is 2.01. The fourth-order valence-corrected chi connectivity index (χ4v) is 2.80. The van der Waals surface area contributed by atoms with E-state index >= 15 is 4.39 Å². The number of alkyl halides is 1. The lowest BCUT2D eigenvalue weighted by atomic mass is 9.81. The summed E-state index contributed by atoms with van der Waals surface area (Å²) in [7, 11) is 0. The number of rotatable bonds is 2. The van der Waals surface area contributed by atoms with Crippen LogP contribution in [-0.4, -0.2) is 22.8 Å². The van der Waals surface area contributed by atoms with Crippen LogP contribution in [-0.2, 0) is 4.79 Å². The van der Waals surface area contributed by atoms with Gasteiger partial charge < -0.3 is 5.11 Å². The number of carboxylic acid groups (broad SMARTS) is 1. The number of nitrogens with zero attached hydrogens (tertiary/aromatic N) is 1. The van der Waals surface area contributed by atoms with E-state index < -0.39 is 23.5 Å². The number of benzene rings is 2. The lowest BCUT2D eigenvalue weighted by molar-refractivity contribution is -0.147. The summed E-state index contributed by atoms with van der Waals surface area (Å²) in [6, 6.07) is 10.9. The van der Waals surface area contributed by atoms with Crippen molar-refractivity contribution in [2.45, 2.75) is 18.6 Å². The summed E-state index contributed by atoms with van der Waals surface area (Å²) in [6.45, 7) is 1.41. The van der Waals surface area contributed by atoms with Crippen LogP contribution in [0.25, 0.3) is 5.57 Å². The number of para-hydroxylation sites is 1. The van der Waals surface area contributed by atoms with Gasteiger partial charge in [0.25, 0.3) is 5.67 Å². The minimum absolute atomic E-state index is 0.0578. The number of hydrogen-bond donors (Lipinski definition) is 1. The molecule has 2 atom stereocenters. The highest BCUT2D eigenvalue weighted by atomic mass is 19.1. The first-order valence-corrected chi connectivity index (χ1v) is 6.80. The Bertz CT molecular complexity index is 878. The molecular formula is C17H13F2NO2. The fraction of sp³-hybridized carbons (Fsp3) is 0.176. The Balaban J connectivity index is 2.47. The molecular weight excluding hydrogens is 288 g/mol. The summed E-state index contributed by atoms with van der Waals surface area (Å²) in [5.74, 6) is -2.18. The Kier molecular flexibility index (Phi) is 3.28. The predicted molar refractivity (Wildman–Crippen MR) is 77.1 cm³/mol. The summed E-state index contributed by atoms with van der Waals surface area (Å²) in [5.41, 5.74) is -2.56. The maximum Gasteiger partial charge on any atom is 0.348 e. The highest BCUT2D eigenvalue weighted by molar-refractivity contribution is 5.96. The molecule has 0 fully saturated rings. The molecule has 5 heteroatoms. The van der Waals surface area contributed by atoms with Gasteiger partial charge in [-0.1, -0.05) is 30.3 Å². The Morgan fingerprint density at radius 3 is 2.64 bits per heavy atom. The van der Waals surface area contributed by atoms with Gasteiger partial charge in [0.05, 0.1) is 11.4 Å². The van der Waals surface area contributed by atoms with E-state index in [0.717, 1.165) is 6.07 Å². The molecule has 3 nitrogen and oxygen atoms in total. The van der Waals surface area contributed by atoms with Gasteiger partial charge in [-0.3, -0.25) is 4.99 Å². The quantitative estimate of drug-likeness (QED) is 0.920. The van der Waals surface area contributed by atoms with Crippen molar-refractivity contribution in [3.8, 4) is 0 Å². The normalized spacial score (nSPS) is 23.6. The topological polar surface area (TPSA) is 49.7 Å². The van der Waals surface area contributed by atoms with E-state index in [-0.39, 0.29) is 11.1 Å². The fourth-order valence-electron chi connectivity index (χ4n) is 2.80. The van der Waals surface area contributed by atoms with Crippen LogP contribution in [0.5, 0.6) is 0 Å². The van der Waals surface area contributed by atoms with Gasteiger partial charge in [0, 0.05) is 10.8 Å². The summed E-state index contributed by atoms with van der Waals surface area (Å²) in [4.78, 5) is 15.8. The minimum Gasteiger partial charge on any atom is -0.479 e. The van der Waals surface area contributed by atoms with Crippen molar-refractivity contribution in [2.75, 3.05) is 0 Å². The van der Waals surface area contributed by atoms with Crippen LogP contribution in [0, 0.1) is 5.82 Å². The number of carboxylic acids is 1. The molecule has 0 spiro atoms. The third-order valence-corrected chi connectivity index (χ3v) is 3.87. The second-order valence-corrected chi connectivity index (χ2v) is 5.22. The second-order valence-electron chi connectivity index (χ2n) is 5.22. The van der Waals surface area contributed by atoms with Crippen LogP contribution in [0.1, 0.15) is 12.5 Å². The van der Waals surface area contributed by atoms with Crippen LogP contribution < -0.4 is 10.6 Å². The van der Waals surface area contributed by atoms with Gasteiger partial charge in [-0.15, -0.1) is 0 Å². The molecule has 0 radical (unpaired) electrons. The smallest absolute Gasteiger partial charge is 0.348 e. The zero-order chi connectivity index (χ0) is 15.9. The predicted octanol–water partition coefficient (Wildman–Crippen LogP) is 1.84. The number of hydrogen-bond acceptors (Lipinski definition) is 2. The maximum absolute atomic E-state index is 15.4. The molecule has 1 aliphatic heterocycles. The molecule has 1 aliphatic rings. The molecule has 0 aliphatic carbocycles. The zero-order valence-electron chi connectivity index (χ0n) is 11.8. The Morgan fingerprint density at radius 1 is 1.23 bits per heavy atom. The van der Waals surface area contributed by atoms with E-state index in [4.69, 9.17) is 0 Å². The summed E-state index contributed by atoms with van der Waals surface area (Å²) >= 11 is 0. The molecule has 0 bridgehead atoms. The number of fused-ring (bicyclic) bond motifs is 1. The SMILES string of the molecule is CC1N=c2ccccc2=C(c2cccc(F)c2)C1(F)C(=O)O. The third-order valence-electron chi connectivity index (χ3n) is 3.87. The first kappa shape index (κ1) is 14.4. The standard InChI is InChI=1S/C17H13F2NO2/c1-10-17(19,16(21)22)15(11-5-4-6-12(18)9-11)13-7-2-3-8-14(13)20-10/h2-10H,1H3,(H,21,22). The minimum atomic E-state index is -2.71. The van der Waals surface area contributed by atoms with Gasteiger partial charge in [-0.2, -0.15) is 0 Å². The molecule has 2 aromatic carbocycles. The average Bonchev–Trinajstić information content (AvgIpc) is 2.48. The van der Waals surface area contributed by atoms with Gasteiger partial charge >= 0.3 is 5.97 Å². The van der Waals surface area contributed by atoms with E-state index in [1.165, 1.54) is 25.1 Å². The van der Waals surface area contributed by atoms with E-state index in [2.05, 4.69) is 4.99 Å². The van der Waals surface area contributed by atoms with Crippen LogP contribution >= 0.6 is 0 Å². The lowest BCUT2D eigenvalue weighted by Gasteiger charge is -2.30. The average molecular weight is 301 g/mol. The van der Waals surface area contributed by atoms with Gasteiger partial charge in [0.15, 0.2) is 0 Å². The van der Waals surface area contributed by atoms with Crippen molar-refractivity contribution in [3.05, 3.63) is 70.5 Å².